The fourth-order valence-electron chi connectivity index (χ4n) is 1.84. The van der Waals surface area contributed by atoms with Crippen LogP contribution in [-0.2, 0) is 16.6 Å². The molecule has 0 amide bonds. The number of aromatic carboxylic acids is 1. The predicted molar refractivity (Wildman–Crippen MR) is 81.2 cm³/mol. The van der Waals surface area contributed by atoms with Crippen molar-refractivity contribution in [1.82, 2.24) is 4.72 Å². The number of hydrogen-bond donors (Lipinski definition) is 2. The second kappa shape index (κ2) is 5.97. The second-order valence-corrected chi connectivity index (χ2v) is 7.17. The molecule has 0 saturated carbocycles. The first kappa shape index (κ1) is 15.7. The van der Waals surface area contributed by atoms with E-state index in [-0.39, 0.29) is 17.0 Å². The van der Waals surface area contributed by atoms with Gasteiger partial charge in [-0.2, -0.15) is 11.3 Å². The van der Waals surface area contributed by atoms with Crippen LogP contribution >= 0.6 is 11.3 Å². The number of benzene rings is 1. The average Bonchev–Trinajstić information content (AvgIpc) is 2.82. The number of hydrogen-bond acceptors (Lipinski definition) is 4. The number of nitrogens with one attached hydrogen (secondary N) is 1. The van der Waals surface area contributed by atoms with E-state index in [1.54, 1.807) is 6.92 Å². The normalized spacial score (nSPS) is 11.5. The molecule has 2 N–H and O–H groups in total. The Morgan fingerprint density at radius 2 is 1.95 bits per heavy atom. The molecule has 0 unspecified atom stereocenters. The van der Waals surface area contributed by atoms with Gasteiger partial charge in [-0.25, -0.2) is 17.9 Å². The first-order valence-electron chi connectivity index (χ1n) is 6.16. The van der Waals surface area contributed by atoms with Crippen molar-refractivity contribution in [3.8, 4) is 0 Å². The largest absolute Gasteiger partial charge is 0.478 e. The molecule has 0 aliphatic carbocycles. The lowest BCUT2D eigenvalue weighted by atomic mass is 10.1. The molecule has 1 aromatic carbocycles. The molecule has 2 aromatic rings. The lowest BCUT2D eigenvalue weighted by Gasteiger charge is -2.10. The Labute approximate surface area is 127 Å². The van der Waals surface area contributed by atoms with Crippen LogP contribution in [-0.4, -0.2) is 19.5 Å². The molecule has 5 nitrogen and oxygen atoms in total. The van der Waals surface area contributed by atoms with E-state index in [0.717, 1.165) is 11.1 Å². The maximum Gasteiger partial charge on any atom is 0.335 e. The van der Waals surface area contributed by atoms with Crippen molar-refractivity contribution in [2.45, 2.75) is 25.3 Å². The number of rotatable bonds is 5. The summed E-state index contributed by atoms with van der Waals surface area (Å²) in [5.41, 5.74) is 2.40. The minimum atomic E-state index is -3.75. The van der Waals surface area contributed by atoms with E-state index >= 15 is 0 Å². The minimum absolute atomic E-state index is 0.00437. The van der Waals surface area contributed by atoms with Crippen molar-refractivity contribution in [1.29, 1.82) is 0 Å². The van der Waals surface area contributed by atoms with Gasteiger partial charge in [0.25, 0.3) is 0 Å². The third kappa shape index (κ3) is 3.49. The van der Waals surface area contributed by atoms with Crippen molar-refractivity contribution >= 4 is 27.3 Å². The number of sulfonamides is 1. The van der Waals surface area contributed by atoms with E-state index in [4.69, 9.17) is 5.11 Å². The number of carboxylic acids is 1. The van der Waals surface area contributed by atoms with Gasteiger partial charge in [-0.1, -0.05) is 6.07 Å². The van der Waals surface area contributed by atoms with Crippen molar-refractivity contribution in [3.63, 3.8) is 0 Å². The summed E-state index contributed by atoms with van der Waals surface area (Å²) in [6.07, 6.45) is 0. The maximum absolute atomic E-state index is 12.3. The Bertz CT molecular complexity index is 778. The molecule has 0 saturated heterocycles. The first-order chi connectivity index (χ1) is 9.81. The van der Waals surface area contributed by atoms with E-state index < -0.39 is 16.0 Å². The van der Waals surface area contributed by atoms with Gasteiger partial charge in [0.1, 0.15) is 0 Å². The maximum atomic E-state index is 12.3. The Kier molecular flexibility index (Phi) is 4.46. The standard InChI is InChI=1S/C14H15NO4S2/c1-9-3-4-11(14(16)17)5-13(9)21(18,19)15-6-12-8-20-7-10(12)2/h3-5,7-8,15H,6H2,1-2H3,(H,16,17). The molecule has 0 atom stereocenters. The highest BCUT2D eigenvalue weighted by atomic mass is 32.2. The SMILES string of the molecule is Cc1cscc1CNS(=O)(=O)c1cc(C(=O)O)ccc1C. The van der Waals surface area contributed by atoms with Crippen LogP contribution < -0.4 is 4.72 Å². The summed E-state index contributed by atoms with van der Waals surface area (Å²) in [5, 5.41) is 12.8. The summed E-state index contributed by atoms with van der Waals surface area (Å²) in [4.78, 5) is 11.0. The molecule has 2 rings (SSSR count). The van der Waals surface area contributed by atoms with Crippen LogP contribution in [0.5, 0.6) is 0 Å². The summed E-state index contributed by atoms with van der Waals surface area (Å²) in [6.45, 7) is 3.74. The lowest BCUT2D eigenvalue weighted by Crippen LogP contribution is -2.24. The van der Waals surface area contributed by atoms with Crippen molar-refractivity contribution in [2.75, 3.05) is 0 Å². The smallest absolute Gasteiger partial charge is 0.335 e. The van der Waals surface area contributed by atoms with Gasteiger partial charge in [0.2, 0.25) is 10.0 Å². The van der Waals surface area contributed by atoms with Crippen LogP contribution in [0.4, 0.5) is 0 Å². The number of carboxylic acid groups (broad SMARTS) is 1. The highest BCUT2D eigenvalue weighted by Gasteiger charge is 2.19. The lowest BCUT2D eigenvalue weighted by molar-refractivity contribution is 0.0696. The number of aryl methyl sites for hydroxylation is 2. The topological polar surface area (TPSA) is 83.5 Å². The van der Waals surface area contributed by atoms with Crippen LogP contribution in [0.1, 0.15) is 27.0 Å². The fourth-order valence-corrected chi connectivity index (χ4v) is 3.97. The second-order valence-electron chi connectivity index (χ2n) is 4.69. The Balaban J connectivity index is 2.29. The zero-order valence-corrected chi connectivity index (χ0v) is 13.2. The number of thiophene rings is 1. The first-order valence-corrected chi connectivity index (χ1v) is 8.59. The molecule has 1 heterocycles. The predicted octanol–water partition coefficient (Wildman–Crippen LogP) is 2.54. The van der Waals surface area contributed by atoms with Crippen LogP contribution in [0, 0.1) is 13.8 Å². The molecular formula is C14H15NO4S2. The van der Waals surface area contributed by atoms with Crippen LogP contribution in [0.25, 0.3) is 0 Å². The molecule has 0 aliphatic rings. The zero-order valence-electron chi connectivity index (χ0n) is 11.6. The zero-order chi connectivity index (χ0) is 15.6. The van der Waals surface area contributed by atoms with Gasteiger partial charge in [0, 0.05) is 6.54 Å². The quantitative estimate of drug-likeness (QED) is 0.885. The Morgan fingerprint density at radius 1 is 1.24 bits per heavy atom. The third-order valence-corrected chi connectivity index (χ3v) is 5.59. The van der Waals surface area contributed by atoms with E-state index in [2.05, 4.69) is 4.72 Å². The summed E-state index contributed by atoms with van der Waals surface area (Å²) in [7, 11) is -3.75. The van der Waals surface area contributed by atoms with Gasteiger partial charge in [-0.15, -0.1) is 0 Å². The van der Waals surface area contributed by atoms with Crippen LogP contribution in [0.15, 0.2) is 33.9 Å². The Morgan fingerprint density at radius 3 is 2.52 bits per heavy atom. The van der Waals surface area contributed by atoms with Crippen molar-refractivity contribution < 1.29 is 18.3 Å². The molecule has 0 bridgehead atoms. The molecule has 7 heteroatoms. The van der Waals surface area contributed by atoms with E-state index in [1.807, 2.05) is 17.7 Å². The highest BCUT2D eigenvalue weighted by molar-refractivity contribution is 7.89. The molecule has 0 aliphatic heterocycles. The van der Waals surface area contributed by atoms with E-state index in [9.17, 15) is 13.2 Å². The summed E-state index contributed by atoms with van der Waals surface area (Å²) in [6, 6.07) is 4.06. The summed E-state index contributed by atoms with van der Waals surface area (Å²) < 4.78 is 27.2. The molecule has 1 aromatic heterocycles. The molecule has 0 fully saturated rings. The molecular weight excluding hydrogens is 310 g/mol. The van der Waals surface area contributed by atoms with Crippen LogP contribution in [0.2, 0.25) is 0 Å². The van der Waals surface area contributed by atoms with Crippen molar-refractivity contribution in [2.24, 2.45) is 0 Å². The Hall–Kier alpha value is -1.70. The van der Waals surface area contributed by atoms with Gasteiger partial charge >= 0.3 is 5.97 Å². The van der Waals surface area contributed by atoms with Crippen molar-refractivity contribution in [3.05, 3.63) is 51.2 Å². The summed E-state index contributed by atoms with van der Waals surface area (Å²) >= 11 is 1.51. The average molecular weight is 325 g/mol. The van der Waals surface area contributed by atoms with Crippen LogP contribution in [0.3, 0.4) is 0 Å². The third-order valence-electron chi connectivity index (χ3n) is 3.14. The monoisotopic (exact) mass is 325 g/mol. The highest BCUT2D eigenvalue weighted by Crippen LogP contribution is 2.19. The van der Waals surface area contributed by atoms with Gasteiger partial charge in [0.15, 0.2) is 0 Å². The van der Waals surface area contributed by atoms with E-state index in [0.29, 0.717) is 5.56 Å². The van der Waals surface area contributed by atoms with E-state index in [1.165, 1.54) is 29.5 Å². The molecule has 0 radical (unpaired) electrons. The molecule has 112 valence electrons. The number of carbonyl (C=O) groups is 1. The minimum Gasteiger partial charge on any atom is -0.478 e. The van der Waals surface area contributed by atoms with Gasteiger partial charge in [-0.3, -0.25) is 0 Å². The van der Waals surface area contributed by atoms with Gasteiger partial charge in [0.05, 0.1) is 10.5 Å². The van der Waals surface area contributed by atoms with Gasteiger partial charge < -0.3 is 5.11 Å². The molecule has 0 spiro atoms. The summed E-state index contributed by atoms with van der Waals surface area (Å²) in [5.74, 6) is -1.15. The van der Waals surface area contributed by atoms with Gasteiger partial charge in [-0.05, 0) is 53.4 Å². The molecule has 21 heavy (non-hydrogen) atoms. The fraction of sp³-hybridized carbons (Fsp3) is 0.214.